The molecule has 3 N–H and O–H groups in total. The van der Waals surface area contributed by atoms with Crippen LogP contribution >= 0.6 is 0 Å². The molecule has 9 heteroatoms. The first kappa shape index (κ1) is 25.4. The molecule has 2 aromatic carbocycles. The second kappa shape index (κ2) is 11.2. The summed E-state index contributed by atoms with van der Waals surface area (Å²) < 4.78 is 18.3. The monoisotopic (exact) mass is 483 g/mol. The third-order valence-electron chi connectivity index (χ3n) is 5.17. The van der Waals surface area contributed by atoms with Crippen LogP contribution in [0.4, 0.5) is 0 Å². The summed E-state index contributed by atoms with van der Waals surface area (Å²) in [6.45, 7) is 9.58. The van der Waals surface area contributed by atoms with Gasteiger partial charge in [-0.2, -0.15) is 0 Å². The van der Waals surface area contributed by atoms with Gasteiger partial charge in [0.05, 0.1) is 28.4 Å². The van der Waals surface area contributed by atoms with Crippen molar-refractivity contribution in [1.29, 1.82) is 0 Å². The Hall–Kier alpha value is -3.27. The highest BCUT2D eigenvalue weighted by molar-refractivity contribution is 7.85. The smallest absolute Gasteiger partial charge is 0.268 e. The van der Waals surface area contributed by atoms with Gasteiger partial charge in [-0.3, -0.25) is 9.19 Å². The normalized spacial score (nSPS) is 11.9. The molecule has 2 heterocycles. The molecule has 0 amide bonds. The van der Waals surface area contributed by atoms with Crippen LogP contribution in [-0.2, 0) is 17.3 Å². The number of aryl methyl sites for hydroxylation is 1. The summed E-state index contributed by atoms with van der Waals surface area (Å²) in [5.74, 6) is 0.762. The summed E-state index contributed by atoms with van der Waals surface area (Å²) in [6, 6.07) is 15.6. The lowest BCUT2D eigenvalue weighted by atomic mass is 10.1. The van der Waals surface area contributed by atoms with Crippen molar-refractivity contribution in [2.45, 2.75) is 44.4 Å². The van der Waals surface area contributed by atoms with Crippen LogP contribution in [0, 0.1) is 6.92 Å². The zero-order valence-electron chi connectivity index (χ0n) is 19.7. The molecular weight excluding hydrogens is 450 g/mol. The molecule has 0 saturated carbocycles. The van der Waals surface area contributed by atoms with Gasteiger partial charge in [-0.1, -0.05) is 45.0 Å². The van der Waals surface area contributed by atoms with Crippen molar-refractivity contribution in [3.05, 3.63) is 66.0 Å². The van der Waals surface area contributed by atoms with Gasteiger partial charge in [-0.25, -0.2) is 4.98 Å². The highest BCUT2D eigenvalue weighted by atomic mass is 32.2. The topological polar surface area (TPSA) is 125 Å². The number of nitrogens with zero attached hydrogens (tertiary/aromatic N) is 4. The summed E-state index contributed by atoms with van der Waals surface area (Å²) in [7, 11) is -1.03. The van der Waals surface area contributed by atoms with E-state index in [-0.39, 0.29) is 13.6 Å². The maximum atomic E-state index is 12.3. The van der Waals surface area contributed by atoms with Gasteiger partial charge in [0.1, 0.15) is 5.69 Å². The molecule has 4 aromatic rings. The minimum Gasteiger partial charge on any atom is -0.415 e. The summed E-state index contributed by atoms with van der Waals surface area (Å²) in [6.07, 6.45) is 1.72. The molecule has 2 aromatic heterocycles. The molecule has 0 aliphatic rings. The molecular formula is C25H33N5O3S. The molecule has 182 valence electrons. The first-order valence-corrected chi connectivity index (χ1v) is 12.2. The van der Waals surface area contributed by atoms with Gasteiger partial charge < -0.3 is 15.2 Å². The van der Waals surface area contributed by atoms with Gasteiger partial charge in [0.15, 0.2) is 0 Å². The maximum absolute atomic E-state index is 12.3. The second-order valence-corrected chi connectivity index (χ2v) is 9.96. The third kappa shape index (κ3) is 5.61. The van der Waals surface area contributed by atoms with Gasteiger partial charge >= 0.3 is 0 Å². The van der Waals surface area contributed by atoms with Gasteiger partial charge in [0, 0.05) is 30.7 Å². The van der Waals surface area contributed by atoms with Crippen molar-refractivity contribution in [3.63, 3.8) is 0 Å². The number of rotatable bonds is 8. The van der Waals surface area contributed by atoms with Crippen molar-refractivity contribution in [1.82, 2.24) is 25.5 Å². The standard InChI is InChI=1S/C25H27N5O2S.H2O.2H2/c1-5-26-14-18-6-8-20(9-7-18)24-29-30-25(32-24)23-17(4)27-15-22(28-23)19-10-12-21(13-11-19)33(31)16(2)3;;;/h6-13,15-16,26H,5,14H2,1-4H3;1H2;2*1H. The highest BCUT2D eigenvalue weighted by Crippen LogP contribution is 2.27. The molecule has 1 atom stereocenters. The van der Waals surface area contributed by atoms with Crippen molar-refractivity contribution in [2.75, 3.05) is 6.54 Å². The molecule has 0 saturated heterocycles. The molecule has 8 nitrogen and oxygen atoms in total. The Kier molecular flexibility index (Phi) is 8.38. The molecule has 0 fully saturated rings. The predicted molar refractivity (Wildman–Crippen MR) is 138 cm³/mol. The number of aromatic nitrogens is 4. The van der Waals surface area contributed by atoms with E-state index in [0.717, 1.165) is 29.1 Å². The highest BCUT2D eigenvalue weighted by Gasteiger charge is 2.16. The first-order valence-electron chi connectivity index (χ1n) is 10.9. The second-order valence-electron chi connectivity index (χ2n) is 7.95. The summed E-state index contributed by atoms with van der Waals surface area (Å²) in [5.41, 5.74) is 4.86. The average Bonchev–Trinajstić information content (AvgIpc) is 3.33. The molecule has 1 unspecified atom stereocenters. The number of hydrogen-bond donors (Lipinski definition) is 1. The van der Waals surface area contributed by atoms with Crippen LogP contribution in [0.25, 0.3) is 34.3 Å². The Bertz CT molecular complexity index is 1270. The van der Waals surface area contributed by atoms with E-state index in [4.69, 9.17) is 9.40 Å². The van der Waals surface area contributed by atoms with Gasteiger partial charge in [0.25, 0.3) is 5.89 Å². The Morgan fingerprint density at radius 3 is 2.29 bits per heavy atom. The SMILES string of the molecule is CCNCc1ccc(-c2nnc(-c3nc(-c4ccc(S(=O)C(C)C)cc4)cnc3C)o2)cc1.O.[HH].[HH]. The molecule has 0 radical (unpaired) electrons. The van der Waals surface area contributed by atoms with E-state index in [0.29, 0.717) is 28.9 Å². The van der Waals surface area contributed by atoms with E-state index in [9.17, 15) is 4.21 Å². The predicted octanol–water partition coefficient (Wildman–Crippen LogP) is 4.46. The quantitative estimate of drug-likeness (QED) is 0.392. The largest absolute Gasteiger partial charge is 0.415 e. The van der Waals surface area contributed by atoms with Crippen LogP contribution in [0.15, 0.2) is 64.0 Å². The van der Waals surface area contributed by atoms with Crippen LogP contribution < -0.4 is 5.32 Å². The van der Waals surface area contributed by atoms with E-state index in [2.05, 4.69) is 27.4 Å². The van der Waals surface area contributed by atoms with E-state index >= 15 is 0 Å². The van der Waals surface area contributed by atoms with Crippen LogP contribution in [0.3, 0.4) is 0 Å². The summed E-state index contributed by atoms with van der Waals surface area (Å²) in [5, 5.41) is 11.8. The van der Waals surface area contributed by atoms with Gasteiger partial charge in [-0.05, 0) is 43.3 Å². The van der Waals surface area contributed by atoms with E-state index < -0.39 is 10.8 Å². The van der Waals surface area contributed by atoms with E-state index in [1.54, 1.807) is 6.20 Å². The van der Waals surface area contributed by atoms with Gasteiger partial charge in [0.2, 0.25) is 5.89 Å². The minimum absolute atomic E-state index is 0. The zero-order valence-corrected chi connectivity index (χ0v) is 20.5. The van der Waals surface area contributed by atoms with Crippen molar-refractivity contribution in [2.24, 2.45) is 0 Å². The molecule has 0 bridgehead atoms. The van der Waals surface area contributed by atoms with E-state index in [1.807, 2.05) is 69.3 Å². The fourth-order valence-electron chi connectivity index (χ4n) is 3.29. The fourth-order valence-corrected chi connectivity index (χ4v) is 4.24. The molecule has 0 spiro atoms. The molecule has 34 heavy (non-hydrogen) atoms. The molecule has 4 rings (SSSR count). The van der Waals surface area contributed by atoms with Crippen molar-refractivity contribution in [3.8, 4) is 34.3 Å². The van der Waals surface area contributed by atoms with Gasteiger partial charge in [-0.15, -0.1) is 10.2 Å². The van der Waals surface area contributed by atoms with Crippen LogP contribution in [0.5, 0.6) is 0 Å². The Labute approximate surface area is 204 Å². The number of hydrogen-bond acceptors (Lipinski definition) is 7. The third-order valence-corrected chi connectivity index (χ3v) is 6.77. The Morgan fingerprint density at radius 2 is 1.65 bits per heavy atom. The van der Waals surface area contributed by atoms with Crippen LogP contribution in [0.1, 0.15) is 34.9 Å². The lowest BCUT2D eigenvalue weighted by Gasteiger charge is -2.08. The summed E-state index contributed by atoms with van der Waals surface area (Å²) >= 11 is 0. The fraction of sp³-hybridized carbons (Fsp3) is 0.280. The average molecular weight is 484 g/mol. The van der Waals surface area contributed by atoms with Crippen molar-refractivity contribution >= 4 is 10.8 Å². The number of nitrogens with one attached hydrogen (secondary N) is 1. The maximum Gasteiger partial charge on any atom is 0.268 e. The lowest BCUT2D eigenvalue weighted by molar-refractivity contribution is 0.581. The zero-order chi connectivity index (χ0) is 23.4. The first-order chi connectivity index (χ1) is 16.0. The summed E-state index contributed by atoms with van der Waals surface area (Å²) in [4.78, 5) is 10.0. The Balaban J connectivity index is 0.00000216. The number of benzene rings is 2. The molecule has 0 aliphatic carbocycles. The van der Waals surface area contributed by atoms with Crippen molar-refractivity contribution < 1.29 is 17.0 Å². The Morgan fingerprint density at radius 1 is 1.00 bits per heavy atom. The van der Waals surface area contributed by atoms with E-state index in [1.165, 1.54) is 5.56 Å². The minimum atomic E-state index is -1.03. The van der Waals surface area contributed by atoms with Crippen LogP contribution in [-0.4, -0.2) is 41.6 Å². The lowest BCUT2D eigenvalue weighted by Crippen LogP contribution is -2.11. The molecule has 0 aliphatic heterocycles. The van der Waals surface area contributed by atoms with Crippen LogP contribution in [0.2, 0.25) is 0 Å².